The highest BCUT2D eigenvalue weighted by atomic mass is 16.2. The van der Waals surface area contributed by atoms with Crippen LogP contribution >= 0.6 is 0 Å². The van der Waals surface area contributed by atoms with Crippen LogP contribution in [0.25, 0.3) is 0 Å². The molecule has 3 rings (SSSR count). The van der Waals surface area contributed by atoms with Gasteiger partial charge in [0.1, 0.15) is 23.8 Å². The number of ketones is 1. The van der Waals surface area contributed by atoms with Crippen molar-refractivity contribution in [2.45, 2.75) is 117 Å². The highest BCUT2D eigenvalue weighted by Crippen LogP contribution is 2.34. The predicted octanol–water partition coefficient (Wildman–Crippen LogP) is 1.90. The summed E-state index contributed by atoms with van der Waals surface area (Å²) in [6.45, 7) is 11.5. The molecule has 1 unspecified atom stereocenters. The Kier molecular flexibility index (Phi) is 12.8. The van der Waals surface area contributed by atoms with Crippen molar-refractivity contribution in [2.24, 2.45) is 28.9 Å². The Morgan fingerprint density at radius 2 is 1.65 bits per heavy atom. The lowest BCUT2D eigenvalue weighted by Gasteiger charge is -2.38. The van der Waals surface area contributed by atoms with Crippen LogP contribution in [0.3, 0.4) is 0 Å². The summed E-state index contributed by atoms with van der Waals surface area (Å²) in [5, 5.41) is 8.51. The molecule has 1 aliphatic carbocycles. The number of likely N-dealkylation sites (tertiary alicyclic amines) is 1. The van der Waals surface area contributed by atoms with Gasteiger partial charge < -0.3 is 26.6 Å². The maximum Gasteiger partial charge on any atom is 0.287 e. The maximum absolute atomic E-state index is 14.4. The lowest BCUT2D eigenvalue weighted by molar-refractivity contribution is -0.146. The smallest absolute Gasteiger partial charge is 0.287 e. The molecule has 1 aromatic heterocycles. The molecule has 1 aliphatic heterocycles. The molecule has 13 nitrogen and oxygen atoms in total. The second kappa shape index (κ2) is 16.1. The number of nitrogens with two attached hydrogens (primary N) is 1. The average Bonchev–Trinajstić information content (AvgIpc) is 3.47. The van der Waals surface area contributed by atoms with Crippen molar-refractivity contribution in [3.05, 3.63) is 24.3 Å². The first kappa shape index (κ1) is 36.6. The van der Waals surface area contributed by atoms with E-state index in [2.05, 4.69) is 25.9 Å². The van der Waals surface area contributed by atoms with Crippen LogP contribution in [-0.4, -0.2) is 80.9 Å². The number of carbonyl (C=O) groups excluding carboxylic acids is 6. The first-order valence-corrected chi connectivity index (χ1v) is 16.5. The van der Waals surface area contributed by atoms with Crippen LogP contribution in [0.2, 0.25) is 0 Å². The van der Waals surface area contributed by atoms with Gasteiger partial charge in [-0.15, -0.1) is 0 Å². The fourth-order valence-corrected chi connectivity index (χ4v) is 6.63. The predicted molar refractivity (Wildman–Crippen MR) is 171 cm³/mol. The van der Waals surface area contributed by atoms with Crippen LogP contribution in [-0.2, 0) is 24.0 Å². The summed E-state index contributed by atoms with van der Waals surface area (Å²) in [5.41, 5.74) is 4.57. The topological polar surface area (TPSA) is 194 Å². The Hall–Kier alpha value is -3.90. The third-order valence-corrected chi connectivity index (χ3v) is 9.19. The maximum atomic E-state index is 14.4. The van der Waals surface area contributed by atoms with E-state index in [0.29, 0.717) is 12.8 Å². The molecule has 5 atom stereocenters. The number of hydrogen-bond acceptors (Lipinski definition) is 8. The average molecular weight is 642 g/mol. The van der Waals surface area contributed by atoms with Gasteiger partial charge in [-0.05, 0) is 48.9 Å². The lowest BCUT2D eigenvalue weighted by atomic mass is 9.82. The van der Waals surface area contributed by atoms with Gasteiger partial charge in [0.25, 0.3) is 11.8 Å². The molecule has 0 spiro atoms. The Morgan fingerprint density at radius 3 is 2.20 bits per heavy atom. The number of carbonyl (C=O) groups is 6. The summed E-state index contributed by atoms with van der Waals surface area (Å²) in [7, 11) is 0. The molecule has 1 aromatic rings. The molecule has 0 aromatic carbocycles. The number of nitrogens with zero attached hydrogens (tertiary/aromatic N) is 3. The van der Waals surface area contributed by atoms with Crippen LogP contribution in [0.4, 0.5) is 0 Å². The van der Waals surface area contributed by atoms with Crippen molar-refractivity contribution in [3.63, 3.8) is 0 Å². The molecular weight excluding hydrogens is 590 g/mol. The molecule has 254 valence electrons. The van der Waals surface area contributed by atoms with Crippen molar-refractivity contribution in [3.8, 4) is 0 Å². The number of Topliss-reactive ketones (excluding diaryl/α,β-unsaturated/α-hetero) is 1. The monoisotopic (exact) mass is 641 g/mol. The molecule has 1 saturated heterocycles. The number of nitrogens with one attached hydrogen (secondary N) is 3. The molecule has 5 amide bonds. The second-order valence-electron chi connectivity index (χ2n) is 14.0. The van der Waals surface area contributed by atoms with Crippen LogP contribution in [0, 0.1) is 23.2 Å². The fraction of sp³-hybridized carbons (Fsp3) is 0.697. The van der Waals surface area contributed by atoms with Crippen LogP contribution in [0.5, 0.6) is 0 Å². The van der Waals surface area contributed by atoms with Gasteiger partial charge in [-0.1, -0.05) is 67.2 Å². The van der Waals surface area contributed by atoms with Crippen molar-refractivity contribution in [1.82, 2.24) is 30.8 Å². The van der Waals surface area contributed by atoms with E-state index in [0.717, 1.165) is 32.1 Å². The van der Waals surface area contributed by atoms with Gasteiger partial charge >= 0.3 is 0 Å². The normalized spacial score (nSPS) is 20.8. The second-order valence-corrected chi connectivity index (χ2v) is 14.0. The van der Waals surface area contributed by atoms with Crippen LogP contribution in [0.1, 0.15) is 103 Å². The van der Waals surface area contributed by atoms with E-state index in [1.54, 1.807) is 0 Å². The van der Waals surface area contributed by atoms with Gasteiger partial charge in [0.2, 0.25) is 23.5 Å². The zero-order valence-corrected chi connectivity index (χ0v) is 28.0. The van der Waals surface area contributed by atoms with Crippen molar-refractivity contribution in [2.75, 3.05) is 6.54 Å². The Morgan fingerprint density at radius 1 is 0.978 bits per heavy atom. The molecule has 0 bridgehead atoms. The fourth-order valence-electron chi connectivity index (χ4n) is 6.63. The van der Waals surface area contributed by atoms with E-state index in [1.165, 1.54) is 23.5 Å². The highest BCUT2D eigenvalue weighted by Gasteiger charge is 2.48. The number of hydrogen-bond donors (Lipinski definition) is 4. The quantitative estimate of drug-likeness (QED) is 0.235. The first-order valence-electron chi connectivity index (χ1n) is 16.5. The van der Waals surface area contributed by atoms with Crippen molar-refractivity contribution in [1.29, 1.82) is 0 Å². The van der Waals surface area contributed by atoms with Gasteiger partial charge in [0.15, 0.2) is 0 Å². The van der Waals surface area contributed by atoms with Gasteiger partial charge in [-0.25, -0.2) is 4.98 Å². The number of aromatic nitrogens is 2. The number of primary amides is 1. The van der Waals surface area contributed by atoms with Gasteiger partial charge in [0.05, 0.1) is 12.2 Å². The molecule has 5 N–H and O–H groups in total. The minimum absolute atomic E-state index is 0.0275. The van der Waals surface area contributed by atoms with Crippen LogP contribution < -0.4 is 21.7 Å². The molecule has 46 heavy (non-hydrogen) atoms. The summed E-state index contributed by atoms with van der Waals surface area (Å²) in [6, 6.07) is -3.94. The van der Waals surface area contributed by atoms with E-state index in [9.17, 15) is 28.8 Å². The summed E-state index contributed by atoms with van der Waals surface area (Å²) >= 11 is 0. The molecule has 1 saturated carbocycles. The minimum atomic E-state index is -1.13. The molecule has 2 aliphatic rings. The first-order chi connectivity index (χ1) is 21.7. The summed E-state index contributed by atoms with van der Waals surface area (Å²) in [4.78, 5) is 89.0. The number of rotatable bonds is 13. The minimum Gasteiger partial charge on any atom is -0.363 e. The third kappa shape index (κ3) is 9.10. The van der Waals surface area contributed by atoms with Gasteiger partial charge in [0, 0.05) is 18.9 Å². The van der Waals surface area contributed by atoms with Crippen LogP contribution in [0.15, 0.2) is 18.6 Å². The third-order valence-electron chi connectivity index (χ3n) is 9.19. The van der Waals surface area contributed by atoms with E-state index in [1.807, 2.05) is 41.5 Å². The zero-order chi connectivity index (χ0) is 34.2. The molecule has 13 heteroatoms. The summed E-state index contributed by atoms with van der Waals surface area (Å²) in [6.07, 6.45) is 9.89. The highest BCUT2D eigenvalue weighted by molar-refractivity contribution is 6.37. The van der Waals surface area contributed by atoms with E-state index in [4.69, 9.17) is 5.73 Å². The number of amides is 5. The van der Waals surface area contributed by atoms with Crippen molar-refractivity contribution < 1.29 is 28.8 Å². The van der Waals surface area contributed by atoms with E-state index in [-0.39, 0.29) is 36.4 Å². The summed E-state index contributed by atoms with van der Waals surface area (Å²) in [5.74, 6) is -4.30. The van der Waals surface area contributed by atoms with E-state index < -0.39 is 64.9 Å². The molecular formula is C33H51N7O6. The Balaban J connectivity index is 1.90. The standard InChI is InChI=1S/C33H51N7O6/c1-7-11-22(26(41)28(34)42)37-31(45)25-21(19(2)3)14-17-40(25)32(46)27(33(4,5)6)39-30(44)24(20-12-9-8-10-13-20)38-29(43)23-18-35-15-16-36-23/h15-16,18-22,24-25,27H,7-14,17H2,1-6H3,(H2,34,42)(H,37,45)(H,38,43)(H,39,44)/t21-,22?,24+,25+,27-/m1/s1. The zero-order valence-electron chi connectivity index (χ0n) is 28.0. The van der Waals surface area contributed by atoms with Gasteiger partial charge in [-0.3, -0.25) is 33.8 Å². The summed E-state index contributed by atoms with van der Waals surface area (Å²) < 4.78 is 0. The van der Waals surface area contributed by atoms with Crippen molar-refractivity contribution >= 4 is 35.3 Å². The lowest BCUT2D eigenvalue weighted by Crippen LogP contribution is -2.62. The Bertz CT molecular complexity index is 1260. The van der Waals surface area contributed by atoms with E-state index >= 15 is 0 Å². The largest absolute Gasteiger partial charge is 0.363 e. The molecule has 0 radical (unpaired) electrons. The molecule has 2 fully saturated rings. The molecule has 2 heterocycles. The SMILES string of the molecule is CCCC(NC(=O)[C@@H]1[C@@H](C(C)C)CCN1C(=O)[C@@H](NC(=O)[C@@H](NC(=O)c1cnccn1)C1CCCCC1)C(C)(C)C)C(=O)C(N)=O. The van der Waals surface area contributed by atoms with Gasteiger partial charge in [-0.2, -0.15) is 0 Å². The Labute approximate surface area is 271 Å².